The highest BCUT2D eigenvalue weighted by Gasteiger charge is 2.38. The van der Waals surface area contributed by atoms with E-state index in [2.05, 4.69) is 26.2 Å². The molecule has 0 aliphatic heterocycles. The Bertz CT molecular complexity index is 439. The Morgan fingerprint density at radius 2 is 2.16 bits per heavy atom. The number of hydrogen-bond acceptors (Lipinski definition) is 1. The lowest BCUT2D eigenvalue weighted by Gasteiger charge is -2.34. The molecule has 2 unspecified atom stereocenters. The zero-order chi connectivity index (χ0) is 14.0. The summed E-state index contributed by atoms with van der Waals surface area (Å²) in [4.78, 5) is 0. The van der Waals surface area contributed by atoms with Gasteiger partial charge in [0, 0.05) is 6.04 Å². The van der Waals surface area contributed by atoms with Crippen molar-refractivity contribution in [3.8, 4) is 0 Å². The van der Waals surface area contributed by atoms with Crippen molar-refractivity contribution in [1.82, 2.24) is 5.32 Å². The van der Waals surface area contributed by atoms with Gasteiger partial charge < -0.3 is 5.32 Å². The minimum absolute atomic E-state index is 0.136. The summed E-state index contributed by atoms with van der Waals surface area (Å²) in [5, 5.41) is 3.50. The van der Waals surface area contributed by atoms with Crippen LogP contribution in [-0.4, -0.2) is 13.1 Å². The van der Waals surface area contributed by atoms with E-state index in [0.29, 0.717) is 17.4 Å². The Morgan fingerprint density at radius 3 is 2.68 bits per heavy atom. The van der Waals surface area contributed by atoms with Gasteiger partial charge in [0.2, 0.25) is 0 Å². The maximum Gasteiger partial charge on any atom is 0.123 e. The third kappa shape index (κ3) is 3.17. The second-order valence-electron chi connectivity index (χ2n) is 6.66. The van der Waals surface area contributed by atoms with E-state index in [1.54, 1.807) is 12.1 Å². The summed E-state index contributed by atoms with van der Waals surface area (Å²) < 4.78 is 13.2. The Balaban J connectivity index is 2.15. The average molecular weight is 263 g/mol. The van der Waals surface area contributed by atoms with Crippen LogP contribution in [0.2, 0.25) is 0 Å². The topological polar surface area (TPSA) is 12.0 Å². The molecule has 0 amide bonds. The molecule has 2 atom stereocenters. The normalized spacial score (nSPS) is 23.5. The van der Waals surface area contributed by atoms with Crippen LogP contribution >= 0.6 is 0 Å². The van der Waals surface area contributed by atoms with Crippen molar-refractivity contribution in [3.05, 3.63) is 35.1 Å². The summed E-state index contributed by atoms with van der Waals surface area (Å²) in [6, 6.07) is 5.65. The van der Waals surface area contributed by atoms with E-state index in [0.717, 1.165) is 12.0 Å². The Kier molecular flexibility index (Phi) is 4.29. The van der Waals surface area contributed by atoms with Crippen molar-refractivity contribution in [2.45, 2.75) is 52.5 Å². The van der Waals surface area contributed by atoms with Gasteiger partial charge in [0.1, 0.15) is 5.82 Å². The maximum absolute atomic E-state index is 13.2. The quantitative estimate of drug-likeness (QED) is 0.862. The summed E-state index contributed by atoms with van der Waals surface area (Å²) in [6.07, 6.45) is 4.95. The van der Waals surface area contributed by atoms with Crippen LogP contribution in [0.4, 0.5) is 4.39 Å². The number of nitrogens with one attached hydrogen (secondary N) is 1. The first-order valence-corrected chi connectivity index (χ1v) is 7.36. The minimum atomic E-state index is -0.136. The largest absolute Gasteiger partial charge is 0.316 e. The second kappa shape index (κ2) is 5.62. The van der Waals surface area contributed by atoms with Gasteiger partial charge in [0.05, 0.1) is 0 Å². The number of benzene rings is 1. The zero-order valence-corrected chi connectivity index (χ0v) is 12.6. The Hall–Kier alpha value is -0.890. The lowest BCUT2D eigenvalue weighted by molar-refractivity contribution is 0.201. The van der Waals surface area contributed by atoms with Crippen LogP contribution in [0.1, 0.15) is 44.2 Å². The molecule has 1 aliphatic rings. The van der Waals surface area contributed by atoms with Gasteiger partial charge in [-0.3, -0.25) is 0 Å². The number of rotatable bonds is 4. The maximum atomic E-state index is 13.2. The summed E-state index contributed by atoms with van der Waals surface area (Å²) in [5.74, 6) is 0.574. The molecule has 2 rings (SSSR count). The fourth-order valence-electron chi connectivity index (χ4n) is 3.67. The van der Waals surface area contributed by atoms with Gasteiger partial charge in [0.25, 0.3) is 0 Å². The molecule has 106 valence electrons. The number of likely N-dealkylation sites (N-methyl/N-ethyl adjacent to an activating group) is 1. The fraction of sp³-hybridized carbons (Fsp3) is 0.647. The zero-order valence-electron chi connectivity index (χ0n) is 12.6. The molecular weight excluding hydrogens is 237 g/mol. The van der Waals surface area contributed by atoms with E-state index in [1.807, 2.05) is 13.0 Å². The molecule has 0 bridgehead atoms. The van der Waals surface area contributed by atoms with Crippen LogP contribution in [0, 0.1) is 24.1 Å². The smallest absolute Gasteiger partial charge is 0.123 e. The summed E-state index contributed by atoms with van der Waals surface area (Å²) in [7, 11) is 2.05. The van der Waals surface area contributed by atoms with Gasteiger partial charge in [-0.2, -0.15) is 0 Å². The van der Waals surface area contributed by atoms with E-state index >= 15 is 0 Å². The lowest BCUT2D eigenvalue weighted by atomic mass is 9.75. The molecule has 0 saturated heterocycles. The molecule has 1 aromatic carbocycles. The van der Waals surface area contributed by atoms with E-state index < -0.39 is 0 Å². The third-order valence-electron chi connectivity index (χ3n) is 4.94. The monoisotopic (exact) mass is 263 g/mol. The molecule has 0 spiro atoms. The summed E-state index contributed by atoms with van der Waals surface area (Å²) in [6.45, 7) is 6.77. The molecule has 1 aromatic rings. The number of aryl methyl sites for hydroxylation is 1. The van der Waals surface area contributed by atoms with E-state index in [4.69, 9.17) is 0 Å². The van der Waals surface area contributed by atoms with E-state index in [-0.39, 0.29) is 5.82 Å². The molecule has 0 aromatic heterocycles. The molecule has 19 heavy (non-hydrogen) atoms. The first kappa shape index (κ1) is 14.5. The predicted molar refractivity (Wildman–Crippen MR) is 78.8 cm³/mol. The van der Waals surface area contributed by atoms with Crippen LogP contribution in [0.15, 0.2) is 18.2 Å². The second-order valence-corrected chi connectivity index (χ2v) is 6.66. The molecule has 2 heteroatoms. The standard InChI is InChI=1S/C17H26FN/c1-12-10-14(18)8-7-13(12)11-16(19-4)15-6-5-9-17(15,2)3/h7-8,10,15-16,19H,5-6,9,11H2,1-4H3. The first-order chi connectivity index (χ1) is 8.94. The fourth-order valence-corrected chi connectivity index (χ4v) is 3.67. The van der Waals surface area contributed by atoms with Crippen LogP contribution < -0.4 is 5.32 Å². The summed E-state index contributed by atoms with van der Waals surface area (Å²) >= 11 is 0. The van der Waals surface area contributed by atoms with Crippen molar-refractivity contribution in [3.63, 3.8) is 0 Å². The molecule has 1 N–H and O–H groups in total. The average Bonchev–Trinajstić information content (AvgIpc) is 2.68. The predicted octanol–water partition coefficient (Wildman–Crippen LogP) is 4.09. The van der Waals surface area contributed by atoms with Crippen molar-refractivity contribution in [2.24, 2.45) is 11.3 Å². The highest BCUT2D eigenvalue weighted by molar-refractivity contribution is 5.27. The van der Waals surface area contributed by atoms with E-state index in [1.165, 1.54) is 24.8 Å². The molecule has 0 heterocycles. The SMILES string of the molecule is CNC(Cc1ccc(F)cc1C)C1CCCC1(C)C. The van der Waals surface area contributed by atoms with Gasteiger partial charge >= 0.3 is 0 Å². The van der Waals surface area contributed by atoms with Gasteiger partial charge in [0.15, 0.2) is 0 Å². The molecule has 1 aliphatic carbocycles. The van der Waals surface area contributed by atoms with Crippen molar-refractivity contribution in [1.29, 1.82) is 0 Å². The van der Waals surface area contributed by atoms with Crippen LogP contribution in [0.5, 0.6) is 0 Å². The molecule has 1 fully saturated rings. The Labute approximate surface area is 116 Å². The van der Waals surface area contributed by atoms with Crippen LogP contribution in [0.3, 0.4) is 0 Å². The molecule has 0 radical (unpaired) electrons. The van der Waals surface area contributed by atoms with Gasteiger partial charge in [-0.25, -0.2) is 4.39 Å². The third-order valence-corrected chi connectivity index (χ3v) is 4.94. The van der Waals surface area contributed by atoms with Gasteiger partial charge in [-0.15, -0.1) is 0 Å². The van der Waals surface area contributed by atoms with Gasteiger partial charge in [-0.1, -0.05) is 26.3 Å². The highest BCUT2D eigenvalue weighted by atomic mass is 19.1. The molecular formula is C17H26FN. The lowest BCUT2D eigenvalue weighted by Crippen LogP contribution is -2.40. The number of halogens is 1. The van der Waals surface area contributed by atoms with Gasteiger partial charge in [-0.05, 0) is 67.8 Å². The van der Waals surface area contributed by atoms with Crippen molar-refractivity contribution < 1.29 is 4.39 Å². The van der Waals surface area contributed by atoms with Crippen LogP contribution in [0.25, 0.3) is 0 Å². The molecule has 1 nitrogen and oxygen atoms in total. The minimum Gasteiger partial charge on any atom is -0.316 e. The van der Waals surface area contributed by atoms with Crippen LogP contribution in [-0.2, 0) is 6.42 Å². The summed E-state index contributed by atoms with van der Waals surface area (Å²) in [5.41, 5.74) is 2.75. The van der Waals surface area contributed by atoms with Crippen molar-refractivity contribution >= 4 is 0 Å². The van der Waals surface area contributed by atoms with Crippen molar-refractivity contribution in [2.75, 3.05) is 7.05 Å². The van der Waals surface area contributed by atoms with E-state index in [9.17, 15) is 4.39 Å². The highest BCUT2D eigenvalue weighted by Crippen LogP contribution is 2.44. The molecule has 1 saturated carbocycles. The number of hydrogen-bond donors (Lipinski definition) is 1. The Morgan fingerprint density at radius 1 is 1.42 bits per heavy atom. The first-order valence-electron chi connectivity index (χ1n) is 7.36.